The Bertz CT molecular complexity index is 648. The third-order valence-corrected chi connectivity index (χ3v) is 4.86. The molecular weight excluding hydrogens is 308 g/mol. The van der Waals surface area contributed by atoms with Gasteiger partial charge in [-0.2, -0.15) is 0 Å². The lowest BCUT2D eigenvalue weighted by molar-refractivity contribution is -0.125. The molecule has 2 heterocycles. The summed E-state index contributed by atoms with van der Waals surface area (Å²) >= 11 is 0. The number of hydrogen-bond acceptors (Lipinski definition) is 4. The van der Waals surface area contributed by atoms with E-state index in [0.717, 1.165) is 5.56 Å². The van der Waals surface area contributed by atoms with Crippen molar-refractivity contribution in [1.29, 1.82) is 0 Å². The normalized spacial score (nSPS) is 24.9. The Morgan fingerprint density at radius 3 is 2.46 bits per heavy atom. The van der Waals surface area contributed by atoms with E-state index in [2.05, 4.69) is 4.90 Å². The Kier molecular flexibility index (Phi) is 4.53. The van der Waals surface area contributed by atoms with Crippen molar-refractivity contribution in [2.75, 3.05) is 39.8 Å². The molecule has 2 aliphatic heterocycles. The highest BCUT2D eigenvalue weighted by atomic mass is 16.2. The van der Waals surface area contributed by atoms with E-state index in [1.54, 1.807) is 7.05 Å². The van der Waals surface area contributed by atoms with Crippen molar-refractivity contribution in [3.05, 3.63) is 35.9 Å². The molecule has 0 aromatic heterocycles. The van der Waals surface area contributed by atoms with Gasteiger partial charge in [-0.1, -0.05) is 30.3 Å². The number of hydrogen-bond donors (Lipinski definition) is 1. The number of nitrogens with zero attached hydrogens (tertiary/aromatic N) is 3. The van der Waals surface area contributed by atoms with E-state index in [0.29, 0.717) is 26.2 Å². The molecule has 2 fully saturated rings. The second kappa shape index (κ2) is 6.60. The fourth-order valence-corrected chi connectivity index (χ4v) is 3.52. The minimum atomic E-state index is -0.306. The third-order valence-electron chi connectivity index (χ3n) is 4.86. The first-order valence-corrected chi connectivity index (χ1v) is 8.09. The van der Waals surface area contributed by atoms with Crippen molar-refractivity contribution < 1.29 is 14.4 Å². The molecule has 2 atom stereocenters. The molecule has 7 nitrogen and oxygen atoms in total. The summed E-state index contributed by atoms with van der Waals surface area (Å²) in [4.78, 5) is 40.3. The van der Waals surface area contributed by atoms with Gasteiger partial charge in [-0.3, -0.25) is 14.5 Å². The summed E-state index contributed by atoms with van der Waals surface area (Å²) in [5, 5.41) is 0. The van der Waals surface area contributed by atoms with Crippen molar-refractivity contribution in [2.24, 2.45) is 11.7 Å². The van der Waals surface area contributed by atoms with Gasteiger partial charge in [0.05, 0.1) is 5.92 Å². The molecular formula is C17H22N4O3. The minimum Gasteiger partial charge on any atom is -0.369 e. The van der Waals surface area contributed by atoms with Gasteiger partial charge in [-0.25, -0.2) is 4.79 Å². The van der Waals surface area contributed by atoms with Crippen LogP contribution in [0.3, 0.4) is 0 Å². The van der Waals surface area contributed by atoms with E-state index >= 15 is 0 Å². The van der Waals surface area contributed by atoms with Gasteiger partial charge in [-0.15, -0.1) is 0 Å². The van der Waals surface area contributed by atoms with Crippen LogP contribution in [0, 0.1) is 5.92 Å². The molecule has 128 valence electrons. The van der Waals surface area contributed by atoms with Crippen LogP contribution >= 0.6 is 0 Å². The van der Waals surface area contributed by atoms with Crippen molar-refractivity contribution in [2.45, 2.75) is 5.92 Å². The molecule has 0 unspecified atom stereocenters. The number of imide groups is 1. The zero-order valence-corrected chi connectivity index (χ0v) is 13.7. The van der Waals surface area contributed by atoms with Gasteiger partial charge in [0.1, 0.15) is 6.54 Å². The molecule has 0 aliphatic carbocycles. The van der Waals surface area contributed by atoms with Crippen LogP contribution in [0.1, 0.15) is 11.5 Å². The van der Waals surface area contributed by atoms with E-state index in [4.69, 9.17) is 5.73 Å². The molecule has 7 heteroatoms. The maximum absolute atomic E-state index is 11.9. The van der Waals surface area contributed by atoms with E-state index < -0.39 is 0 Å². The van der Waals surface area contributed by atoms with Gasteiger partial charge in [-0.05, 0) is 5.56 Å². The first-order chi connectivity index (χ1) is 11.5. The summed E-state index contributed by atoms with van der Waals surface area (Å²) in [6.45, 7) is 2.29. The number of rotatable bonds is 5. The highest BCUT2D eigenvalue weighted by Gasteiger charge is 2.38. The van der Waals surface area contributed by atoms with Gasteiger partial charge in [0.2, 0.25) is 11.8 Å². The van der Waals surface area contributed by atoms with Gasteiger partial charge in [0.25, 0.3) is 0 Å². The average molecular weight is 330 g/mol. The largest absolute Gasteiger partial charge is 0.369 e. The van der Waals surface area contributed by atoms with Crippen molar-refractivity contribution in [3.8, 4) is 0 Å². The highest BCUT2D eigenvalue weighted by molar-refractivity contribution is 6.01. The first kappa shape index (κ1) is 16.4. The highest BCUT2D eigenvalue weighted by Crippen LogP contribution is 2.32. The Morgan fingerprint density at radius 2 is 1.88 bits per heavy atom. The summed E-state index contributed by atoms with van der Waals surface area (Å²) in [5.74, 6) is -0.677. The number of nitrogens with two attached hydrogens (primary N) is 1. The summed E-state index contributed by atoms with van der Waals surface area (Å²) in [5.41, 5.74) is 6.67. The van der Waals surface area contributed by atoms with E-state index in [1.807, 2.05) is 30.3 Å². The number of urea groups is 1. The van der Waals surface area contributed by atoms with Crippen LogP contribution in [0.25, 0.3) is 0 Å². The van der Waals surface area contributed by atoms with Crippen LogP contribution < -0.4 is 5.73 Å². The molecule has 0 radical (unpaired) electrons. The Balaban J connectivity index is 1.65. The van der Waals surface area contributed by atoms with E-state index in [9.17, 15) is 14.4 Å². The summed E-state index contributed by atoms with van der Waals surface area (Å²) in [6.07, 6.45) is 0. The first-order valence-electron chi connectivity index (χ1n) is 8.09. The fourth-order valence-electron chi connectivity index (χ4n) is 3.52. The lowest BCUT2D eigenvalue weighted by atomic mass is 9.89. The number of carbonyl (C=O) groups excluding carboxylic acids is 3. The van der Waals surface area contributed by atoms with Crippen LogP contribution in [0.5, 0.6) is 0 Å². The Labute approximate surface area is 141 Å². The Morgan fingerprint density at radius 1 is 1.17 bits per heavy atom. The minimum absolute atomic E-state index is 0.0522. The zero-order chi connectivity index (χ0) is 17.3. The second-order valence-electron chi connectivity index (χ2n) is 6.47. The van der Waals surface area contributed by atoms with E-state index in [1.165, 1.54) is 9.80 Å². The third kappa shape index (κ3) is 3.12. The molecule has 3 rings (SSSR count). The maximum Gasteiger partial charge on any atom is 0.327 e. The molecule has 2 saturated heterocycles. The molecule has 24 heavy (non-hydrogen) atoms. The van der Waals surface area contributed by atoms with Crippen LogP contribution in [0.2, 0.25) is 0 Å². The van der Waals surface area contributed by atoms with Crippen molar-refractivity contribution in [1.82, 2.24) is 14.7 Å². The molecule has 2 aliphatic rings. The van der Waals surface area contributed by atoms with E-state index in [-0.39, 0.29) is 36.2 Å². The zero-order valence-electron chi connectivity index (χ0n) is 13.7. The summed E-state index contributed by atoms with van der Waals surface area (Å²) < 4.78 is 0. The van der Waals surface area contributed by atoms with Crippen LogP contribution in [0.4, 0.5) is 4.79 Å². The monoisotopic (exact) mass is 330 g/mol. The number of benzene rings is 1. The molecule has 1 aromatic rings. The average Bonchev–Trinajstić information content (AvgIpc) is 3.09. The lowest BCUT2D eigenvalue weighted by Crippen LogP contribution is -2.38. The molecule has 0 bridgehead atoms. The van der Waals surface area contributed by atoms with Crippen molar-refractivity contribution in [3.63, 3.8) is 0 Å². The number of carbonyl (C=O) groups is 3. The summed E-state index contributed by atoms with van der Waals surface area (Å²) in [6, 6.07) is 9.60. The molecule has 2 N–H and O–H groups in total. The number of primary amides is 1. The number of likely N-dealkylation sites (N-methyl/N-ethyl adjacent to an activating group) is 1. The van der Waals surface area contributed by atoms with Gasteiger partial charge in [0.15, 0.2) is 0 Å². The quantitative estimate of drug-likeness (QED) is 0.775. The predicted molar refractivity (Wildman–Crippen MR) is 88.0 cm³/mol. The molecule has 0 spiro atoms. The van der Waals surface area contributed by atoms with Crippen molar-refractivity contribution >= 4 is 17.8 Å². The second-order valence-corrected chi connectivity index (χ2v) is 6.47. The maximum atomic E-state index is 11.9. The van der Waals surface area contributed by atoms with Gasteiger partial charge in [0, 0.05) is 39.1 Å². The molecule has 1 aromatic carbocycles. The van der Waals surface area contributed by atoms with Crippen LogP contribution in [-0.2, 0) is 9.59 Å². The summed E-state index contributed by atoms with van der Waals surface area (Å²) in [7, 11) is 1.62. The van der Waals surface area contributed by atoms with Crippen LogP contribution in [-0.4, -0.2) is 72.3 Å². The fraction of sp³-hybridized carbons (Fsp3) is 0.471. The van der Waals surface area contributed by atoms with Gasteiger partial charge >= 0.3 is 6.03 Å². The molecule has 0 saturated carbocycles. The molecule has 4 amide bonds. The predicted octanol–water partition coefficient (Wildman–Crippen LogP) is 0.0813. The topological polar surface area (TPSA) is 86.9 Å². The van der Waals surface area contributed by atoms with Gasteiger partial charge < -0.3 is 15.5 Å². The van der Waals surface area contributed by atoms with Crippen LogP contribution in [0.15, 0.2) is 30.3 Å². The number of amides is 4. The Hall–Kier alpha value is -2.41. The standard InChI is InChI=1S/C17H22N4O3/c1-19-11-15(22)21(17(19)24)8-7-20-9-13(14(10-20)16(18)23)12-5-3-2-4-6-12/h2-6,13-14H,7-11H2,1H3,(H2,18,23)/t13-,14+/m1/s1. The lowest BCUT2D eigenvalue weighted by Gasteiger charge is -2.20. The smallest absolute Gasteiger partial charge is 0.327 e. The number of likely N-dealkylation sites (tertiary alicyclic amines) is 1. The SMILES string of the molecule is CN1CC(=O)N(CCN2C[C@H](C(N)=O)[C@@H](c3ccccc3)C2)C1=O.